The maximum absolute atomic E-state index is 6.04. The summed E-state index contributed by atoms with van der Waals surface area (Å²) in [5.41, 5.74) is 10.8. The molecule has 1 aromatic heterocycles. The molecule has 0 aliphatic carbocycles. The molecule has 0 bridgehead atoms. The van der Waals surface area contributed by atoms with Gasteiger partial charge in [-0.1, -0.05) is 36.4 Å². The Labute approximate surface area is 161 Å². The van der Waals surface area contributed by atoms with Gasteiger partial charge in [0.05, 0.1) is 0 Å². The van der Waals surface area contributed by atoms with Crippen molar-refractivity contribution in [3.05, 3.63) is 83.4 Å². The minimum absolute atomic E-state index is 0.400. The predicted molar refractivity (Wildman–Crippen MR) is 112 cm³/mol. The number of hydrogen-bond donors (Lipinski definition) is 2. The first kappa shape index (κ1) is 18.7. The fourth-order valence-corrected chi connectivity index (χ4v) is 2.96. The highest BCUT2D eigenvalue weighted by molar-refractivity contribution is 5.92. The molecule has 3 N–H and O–H groups in total. The topological polar surface area (TPSA) is 68.2 Å². The third-order valence-corrected chi connectivity index (χ3v) is 4.68. The molecular formula is C22H27N5. The summed E-state index contributed by atoms with van der Waals surface area (Å²) in [5.74, 6) is 1.32. The number of nitrogens with one attached hydrogen (secondary N) is 1. The van der Waals surface area contributed by atoms with Crippen molar-refractivity contribution in [3.63, 3.8) is 0 Å². The zero-order valence-electron chi connectivity index (χ0n) is 16.0. The molecular weight excluding hydrogens is 334 g/mol. The van der Waals surface area contributed by atoms with Crippen molar-refractivity contribution in [1.82, 2.24) is 9.55 Å². The van der Waals surface area contributed by atoms with E-state index >= 15 is 0 Å². The van der Waals surface area contributed by atoms with Crippen molar-refractivity contribution in [2.24, 2.45) is 10.7 Å². The highest BCUT2D eigenvalue weighted by Crippen LogP contribution is 2.14. The van der Waals surface area contributed by atoms with Gasteiger partial charge in [0, 0.05) is 24.6 Å². The van der Waals surface area contributed by atoms with Crippen molar-refractivity contribution in [1.29, 1.82) is 0 Å². The molecule has 5 nitrogen and oxygen atoms in total. The SMILES string of the molecule is Cc1ccc(NC(N)=NCc2nccn2CCCc2ccccc2)cc1C. The molecule has 0 spiro atoms. The van der Waals surface area contributed by atoms with E-state index in [1.165, 1.54) is 16.7 Å². The number of nitrogens with two attached hydrogens (primary N) is 1. The summed E-state index contributed by atoms with van der Waals surface area (Å²) in [7, 11) is 0. The molecule has 0 aliphatic heterocycles. The Morgan fingerprint density at radius 1 is 1.11 bits per heavy atom. The maximum Gasteiger partial charge on any atom is 0.193 e. The summed E-state index contributed by atoms with van der Waals surface area (Å²) >= 11 is 0. The van der Waals surface area contributed by atoms with Gasteiger partial charge in [-0.25, -0.2) is 9.98 Å². The van der Waals surface area contributed by atoms with Gasteiger partial charge in [-0.2, -0.15) is 0 Å². The quantitative estimate of drug-likeness (QED) is 0.492. The van der Waals surface area contributed by atoms with Crippen LogP contribution in [0, 0.1) is 13.8 Å². The Morgan fingerprint density at radius 3 is 2.70 bits per heavy atom. The number of aryl methyl sites for hydroxylation is 4. The molecule has 0 fully saturated rings. The molecule has 0 radical (unpaired) electrons. The van der Waals surface area contributed by atoms with Crippen LogP contribution in [0.3, 0.4) is 0 Å². The Morgan fingerprint density at radius 2 is 1.93 bits per heavy atom. The molecule has 1 heterocycles. The number of anilines is 1. The zero-order valence-corrected chi connectivity index (χ0v) is 16.0. The van der Waals surface area contributed by atoms with E-state index in [9.17, 15) is 0 Å². The van der Waals surface area contributed by atoms with Crippen molar-refractivity contribution < 1.29 is 0 Å². The van der Waals surface area contributed by atoms with Crippen LogP contribution in [-0.4, -0.2) is 15.5 Å². The van der Waals surface area contributed by atoms with E-state index in [-0.39, 0.29) is 0 Å². The van der Waals surface area contributed by atoms with Crippen LogP contribution in [0.4, 0.5) is 5.69 Å². The molecule has 27 heavy (non-hydrogen) atoms. The van der Waals surface area contributed by atoms with E-state index in [0.717, 1.165) is 30.9 Å². The fraction of sp³-hybridized carbons (Fsp3) is 0.273. The molecule has 3 rings (SSSR count). The highest BCUT2D eigenvalue weighted by atomic mass is 15.1. The van der Waals surface area contributed by atoms with Crippen LogP contribution >= 0.6 is 0 Å². The van der Waals surface area contributed by atoms with Crippen LogP contribution in [0.5, 0.6) is 0 Å². The lowest BCUT2D eigenvalue weighted by atomic mass is 10.1. The second-order valence-electron chi connectivity index (χ2n) is 6.75. The summed E-state index contributed by atoms with van der Waals surface area (Å²) in [4.78, 5) is 8.86. The molecule has 0 amide bonds. The standard InChI is InChI=1S/C22H27N5/c1-17-10-11-20(15-18(17)2)26-22(23)25-16-21-24-12-14-27(21)13-6-9-19-7-4-3-5-8-19/h3-5,7-8,10-12,14-15H,6,9,13,16H2,1-2H3,(H3,23,25,26). The number of nitrogens with zero attached hydrogens (tertiary/aromatic N) is 3. The number of guanidine groups is 1. The number of rotatable bonds is 7. The highest BCUT2D eigenvalue weighted by Gasteiger charge is 2.03. The number of hydrogen-bond acceptors (Lipinski definition) is 2. The van der Waals surface area contributed by atoms with Crippen LogP contribution in [0.1, 0.15) is 28.9 Å². The zero-order chi connectivity index (χ0) is 19.1. The second kappa shape index (κ2) is 9.03. The molecule has 0 atom stereocenters. The van der Waals surface area contributed by atoms with E-state index < -0.39 is 0 Å². The minimum Gasteiger partial charge on any atom is -0.370 e. The second-order valence-corrected chi connectivity index (χ2v) is 6.75. The van der Waals surface area contributed by atoms with Crippen molar-refractivity contribution in [3.8, 4) is 0 Å². The van der Waals surface area contributed by atoms with Gasteiger partial charge in [-0.15, -0.1) is 0 Å². The van der Waals surface area contributed by atoms with Gasteiger partial charge < -0.3 is 15.6 Å². The third-order valence-electron chi connectivity index (χ3n) is 4.68. The van der Waals surface area contributed by atoms with E-state index in [4.69, 9.17) is 5.73 Å². The van der Waals surface area contributed by atoms with E-state index in [1.54, 1.807) is 0 Å². The Balaban J connectivity index is 1.54. The summed E-state index contributed by atoms with van der Waals surface area (Å²) < 4.78 is 2.15. The van der Waals surface area contributed by atoms with Gasteiger partial charge in [-0.05, 0) is 55.5 Å². The normalized spacial score (nSPS) is 11.6. The van der Waals surface area contributed by atoms with Gasteiger partial charge in [0.2, 0.25) is 0 Å². The summed E-state index contributed by atoms with van der Waals surface area (Å²) in [6.07, 6.45) is 5.94. The van der Waals surface area contributed by atoms with Crippen LogP contribution in [0.15, 0.2) is 65.9 Å². The van der Waals surface area contributed by atoms with Gasteiger partial charge >= 0.3 is 0 Å². The lowest BCUT2D eigenvalue weighted by molar-refractivity contribution is 0.611. The Hall–Kier alpha value is -3.08. The Kier molecular flexibility index (Phi) is 6.26. The van der Waals surface area contributed by atoms with Crippen LogP contribution in [0.2, 0.25) is 0 Å². The first-order valence-electron chi connectivity index (χ1n) is 9.30. The molecule has 3 aromatic rings. The van der Waals surface area contributed by atoms with Crippen LogP contribution in [-0.2, 0) is 19.5 Å². The van der Waals surface area contributed by atoms with E-state index in [0.29, 0.717) is 12.5 Å². The van der Waals surface area contributed by atoms with Gasteiger partial charge in [0.15, 0.2) is 5.96 Å². The van der Waals surface area contributed by atoms with Crippen molar-refractivity contribution >= 4 is 11.6 Å². The smallest absolute Gasteiger partial charge is 0.193 e. The molecule has 0 saturated heterocycles. The lowest BCUT2D eigenvalue weighted by Crippen LogP contribution is -2.23. The van der Waals surface area contributed by atoms with Crippen molar-refractivity contribution in [2.75, 3.05) is 5.32 Å². The first-order chi connectivity index (χ1) is 13.1. The lowest BCUT2D eigenvalue weighted by Gasteiger charge is -2.09. The van der Waals surface area contributed by atoms with E-state index in [2.05, 4.69) is 70.1 Å². The maximum atomic E-state index is 6.04. The summed E-state index contributed by atoms with van der Waals surface area (Å²) in [6.45, 7) is 5.56. The van der Waals surface area contributed by atoms with Crippen LogP contribution in [0.25, 0.3) is 0 Å². The molecule has 2 aromatic carbocycles. The number of aromatic nitrogens is 2. The number of benzene rings is 2. The first-order valence-corrected chi connectivity index (χ1v) is 9.30. The van der Waals surface area contributed by atoms with Gasteiger partial charge in [0.25, 0.3) is 0 Å². The molecule has 5 heteroatoms. The molecule has 140 valence electrons. The molecule has 0 aliphatic rings. The fourth-order valence-electron chi connectivity index (χ4n) is 2.96. The average Bonchev–Trinajstić information content (AvgIpc) is 3.11. The van der Waals surface area contributed by atoms with Crippen molar-refractivity contribution in [2.45, 2.75) is 39.8 Å². The summed E-state index contributed by atoms with van der Waals surface area (Å²) in [6, 6.07) is 16.7. The van der Waals surface area contributed by atoms with E-state index in [1.807, 2.05) is 24.5 Å². The number of imidazole rings is 1. The van der Waals surface area contributed by atoms with Gasteiger partial charge in [-0.3, -0.25) is 0 Å². The number of aliphatic imine (C=N–C) groups is 1. The van der Waals surface area contributed by atoms with Gasteiger partial charge in [0.1, 0.15) is 12.4 Å². The minimum atomic E-state index is 0.400. The largest absolute Gasteiger partial charge is 0.370 e. The molecule has 0 saturated carbocycles. The predicted octanol–water partition coefficient (Wildman–Crippen LogP) is 4.06. The average molecular weight is 361 g/mol. The van der Waals surface area contributed by atoms with Crippen LogP contribution < -0.4 is 11.1 Å². The monoisotopic (exact) mass is 361 g/mol. The molecule has 0 unspecified atom stereocenters. The third kappa shape index (κ3) is 5.45. The summed E-state index contributed by atoms with van der Waals surface area (Å²) in [5, 5.41) is 3.15. The Bertz CT molecular complexity index is 896.